The smallest absolute Gasteiger partial charge is 0.0120 e. The van der Waals surface area contributed by atoms with Gasteiger partial charge in [-0.1, -0.05) is 26.2 Å². The van der Waals surface area contributed by atoms with Crippen LogP contribution in [0.2, 0.25) is 0 Å². The molecule has 0 amide bonds. The van der Waals surface area contributed by atoms with Gasteiger partial charge in [-0.2, -0.15) is 0 Å². The van der Waals surface area contributed by atoms with E-state index in [0.29, 0.717) is 0 Å². The Bertz CT molecular complexity index is 264. The van der Waals surface area contributed by atoms with Crippen LogP contribution in [-0.4, -0.2) is 48.1 Å². The van der Waals surface area contributed by atoms with E-state index < -0.39 is 0 Å². The van der Waals surface area contributed by atoms with E-state index >= 15 is 0 Å². The molecule has 2 nitrogen and oxygen atoms in total. The van der Waals surface area contributed by atoms with Crippen LogP contribution in [0.3, 0.4) is 0 Å². The van der Waals surface area contributed by atoms with Crippen molar-refractivity contribution >= 4 is 0 Å². The lowest BCUT2D eigenvalue weighted by Gasteiger charge is -2.44. The highest BCUT2D eigenvalue weighted by Gasteiger charge is 2.30. The molecular formula is C17H32N2. The molecule has 2 heteroatoms. The van der Waals surface area contributed by atoms with Crippen molar-refractivity contribution in [2.75, 3.05) is 26.2 Å². The van der Waals surface area contributed by atoms with Crippen molar-refractivity contribution < 1.29 is 0 Å². The fourth-order valence-electron chi connectivity index (χ4n) is 4.62. The monoisotopic (exact) mass is 264 g/mol. The van der Waals surface area contributed by atoms with Gasteiger partial charge in [-0.25, -0.2) is 0 Å². The molecule has 0 aromatic carbocycles. The van der Waals surface area contributed by atoms with E-state index in [9.17, 15) is 0 Å². The summed E-state index contributed by atoms with van der Waals surface area (Å²) in [5, 5.41) is 0. The second kappa shape index (κ2) is 6.58. The largest absolute Gasteiger partial charge is 0.300 e. The molecule has 3 aliphatic rings. The quantitative estimate of drug-likeness (QED) is 0.753. The second-order valence-corrected chi connectivity index (χ2v) is 7.30. The van der Waals surface area contributed by atoms with Gasteiger partial charge in [-0.05, 0) is 64.1 Å². The number of hydrogen-bond acceptors (Lipinski definition) is 2. The topological polar surface area (TPSA) is 6.48 Å². The minimum Gasteiger partial charge on any atom is -0.300 e. The normalized spacial score (nSPS) is 33.6. The Kier molecular flexibility index (Phi) is 4.81. The van der Waals surface area contributed by atoms with Gasteiger partial charge in [0, 0.05) is 18.6 Å². The van der Waals surface area contributed by atoms with Crippen LogP contribution in [0.1, 0.15) is 64.7 Å². The summed E-state index contributed by atoms with van der Waals surface area (Å²) >= 11 is 0. The van der Waals surface area contributed by atoms with Crippen molar-refractivity contribution in [3.63, 3.8) is 0 Å². The third-order valence-electron chi connectivity index (χ3n) is 5.79. The maximum atomic E-state index is 2.82. The summed E-state index contributed by atoms with van der Waals surface area (Å²) < 4.78 is 0. The molecule has 110 valence electrons. The Morgan fingerprint density at radius 3 is 2.00 bits per heavy atom. The molecule has 1 aliphatic carbocycles. The van der Waals surface area contributed by atoms with Gasteiger partial charge in [0.05, 0.1) is 0 Å². The predicted molar refractivity (Wildman–Crippen MR) is 81.4 cm³/mol. The zero-order valence-corrected chi connectivity index (χ0v) is 12.8. The molecule has 3 rings (SSSR count). The van der Waals surface area contributed by atoms with E-state index in [-0.39, 0.29) is 0 Å². The molecule has 0 radical (unpaired) electrons. The first-order valence-corrected chi connectivity index (χ1v) is 8.81. The average molecular weight is 264 g/mol. The molecule has 2 saturated heterocycles. The maximum absolute atomic E-state index is 2.82. The van der Waals surface area contributed by atoms with Gasteiger partial charge in [-0.3, -0.25) is 0 Å². The van der Waals surface area contributed by atoms with Crippen molar-refractivity contribution in [2.45, 2.75) is 76.8 Å². The third-order valence-corrected chi connectivity index (χ3v) is 5.79. The first kappa shape index (κ1) is 13.9. The van der Waals surface area contributed by atoms with E-state index in [1.54, 1.807) is 0 Å². The lowest BCUT2D eigenvalue weighted by atomic mass is 9.91. The summed E-state index contributed by atoms with van der Waals surface area (Å²) in [5.74, 6) is 0.935. The summed E-state index contributed by atoms with van der Waals surface area (Å²) in [5.41, 5.74) is 0. The minimum absolute atomic E-state index is 0.905. The molecule has 0 N–H and O–H groups in total. The molecule has 1 saturated carbocycles. The van der Waals surface area contributed by atoms with Gasteiger partial charge in [0.25, 0.3) is 0 Å². The van der Waals surface area contributed by atoms with Crippen LogP contribution in [0.5, 0.6) is 0 Å². The van der Waals surface area contributed by atoms with E-state index in [1.165, 1.54) is 84.0 Å². The van der Waals surface area contributed by atoms with Crippen LogP contribution in [0.25, 0.3) is 0 Å². The zero-order chi connectivity index (χ0) is 13.1. The highest BCUT2D eigenvalue weighted by Crippen LogP contribution is 2.28. The molecule has 19 heavy (non-hydrogen) atoms. The maximum Gasteiger partial charge on any atom is 0.0120 e. The summed E-state index contributed by atoms with van der Waals surface area (Å²) in [6.45, 7) is 7.93. The van der Waals surface area contributed by atoms with Crippen LogP contribution in [0.15, 0.2) is 0 Å². The van der Waals surface area contributed by atoms with Gasteiger partial charge < -0.3 is 9.80 Å². The Morgan fingerprint density at radius 2 is 1.32 bits per heavy atom. The van der Waals surface area contributed by atoms with E-state index in [2.05, 4.69) is 16.7 Å². The fraction of sp³-hybridized carbons (Fsp3) is 1.00. The molecule has 1 atom stereocenters. The Labute approximate surface area is 119 Å². The highest BCUT2D eigenvalue weighted by atomic mass is 15.2. The van der Waals surface area contributed by atoms with Crippen LogP contribution in [0.4, 0.5) is 0 Å². The molecule has 0 aromatic rings. The van der Waals surface area contributed by atoms with Gasteiger partial charge in [0.1, 0.15) is 0 Å². The lowest BCUT2D eigenvalue weighted by molar-refractivity contribution is 0.0509. The molecule has 0 bridgehead atoms. The highest BCUT2D eigenvalue weighted by molar-refractivity contribution is 4.86. The van der Waals surface area contributed by atoms with Gasteiger partial charge >= 0.3 is 0 Å². The summed E-state index contributed by atoms with van der Waals surface area (Å²) in [7, 11) is 0. The number of piperidine rings is 2. The molecular weight excluding hydrogens is 232 g/mol. The summed E-state index contributed by atoms with van der Waals surface area (Å²) in [4.78, 5) is 5.63. The second-order valence-electron chi connectivity index (χ2n) is 7.30. The van der Waals surface area contributed by atoms with Gasteiger partial charge in [-0.15, -0.1) is 0 Å². The molecule has 2 heterocycles. The predicted octanol–water partition coefficient (Wildman–Crippen LogP) is 3.52. The summed E-state index contributed by atoms with van der Waals surface area (Å²) in [6.07, 6.45) is 13.2. The molecule has 3 fully saturated rings. The molecule has 2 aliphatic heterocycles. The number of nitrogens with zero attached hydrogens (tertiary/aromatic N) is 2. The first-order valence-electron chi connectivity index (χ1n) is 8.81. The Balaban J connectivity index is 1.46. The number of likely N-dealkylation sites (tertiary alicyclic amines) is 2. The fourth-order valence-corrected chi connectivity index (χ4v) is 4.62. The van der Waals surface area contributed by atoms with Crippen LogP contribution in [-0.2, 0) is 0 Å². The molecule has 0 aromatic heterocycles. The van der Waals surface area contributed by atoms with Crippen molar-refractivity contribution in [1.82, 2.24) is 9.80 Å². The van der Waals surface area contributed by atoms with E-state index in [0.717, 1.165) is 18.0 Å². The van der Waals surface area contributed by atoms with Crippen molar-refractivity contribution in [2.24, 2.45) is 5.92 Å². The number of hydrogen-bond donors (Lipinski definition) is 0. The Morgan fingerprint density at radius 1 is 0.632 bits per heavy atom. The minimum atomic E-state index is 0.905. The van der Waals surface area contributed by atoms with Crippen LogP contribution < -0.4 is 0 Å². The van der Waals surface area contributed by atoms with Crippen molar-refractivity contribution in [3.05, 3.63) is 0 Å². The van der Waals surface area contributed by atoms with Crippen molar-refractivity contribution in [3.8, 4) is 0 Å². The van der Waals surface area contributed by atoms with Gasteiger partial charge in [0.15, 0.2) is 0 Å². The standard InChI is InChI=1S/C17H32N2/c1-15-6-5-11-19(14-15)17-9-12-18(13-10-17)16-7-3-2-4-8-16/h15-17H,2-14H2,1H3/t15-/m1/s1. The third kappa shape index (κ3) is 3.52. The zero-order valence-electron chi connectivity index (χ0n) is 12.8. The Hall–Kier alpha value is -0.0800. The van der Waals surface area contributed by atoms with Crippen LogP contribution >= 0.6 is 0 Å². The average Bonchev–Trinajstić information content (AvgIpc) is 2.48. The van der Waals surface area contributed by atoms with Gasteiger partial charge in [0.2, 0.25) is 0 Å². The summed E-state index contributed by atoms with van der Waals surface area (Å²) in [6, 6.07) is 1.84. The van der Waals surface area contributed by atoms with E-state index in [4.69, 9.17) is 0 Å². The SMILES string of the molecule is C[C@@H]1CCCN(C2CCN(C3CCCCC3)CC2)C1. The lowest BCUT2D eigenvalue weighted by Crippen LogP contribution is -2.50. The molecule has 0 unspecified atom stereocenters. The first-order chi connectivity index (χ1) is 9.33. The van der Waals surface area contributed by atoms with E-state index in [1.807, 2.05) is 0 Å². The molecule has 0 spiro atoms. The van der Waals surface area contributed by atoms with Crippen molar-refractivity contribution in [1.29, 1.82) is 0 Å². The van der Waals surface area contributed by atoms with Crippen LogP contribution in [0, 0.1) is 5.92 Å². The number of rotatable bonds is 2.